The third-order valence-corrected chi connectivity index (χ3v) is 7.02. The summed E-state index contributed by atoms with van der Waals surface area (Å²) < 4.78 is 24.4. The largest absolute Gasteiger partial charge is 0.271 e. The van der Waals surface area contributed by atoms with E-state index >= 15 is 0 Å². The molecule has 0 radical (unpaired) electrons. The van der Waals surface area contributed by atoms with E-state index in [9.17, 15) is 8.42 Å². The first kappa shape index (κ1) is 14.3. The van der Waals surface area contributed by atoms with Crippen LogP contribution in [0.4, 0.5) is 0 Å². The maximum Gasteiger partial charge on any atom is 0.154 e. The second kappa shape index (κ2) is 5.88. The zero-order chi connectivity index (χ0) is 13.2. The van der Waals surface area contributed by atoms with E-state index in [1.165, 1.54) is 12.8 Å². The van der Waals surface area contributed by atoms with Gasteiger partial charge in [0.1, 0.15) is 0 Å². The van der Waals surface area contributed by atoms with Crippen LogP contribution in [0.25, 0.3) is 0 Å². The Balaban J connectivity index is 2.11. The van der Waals surface area contributed by atoms with Crippen molar-refractivity contribution in [3.63, 3.8) is 0 Å². The Morgan fingerprint density at radius 3 is 2.56 bits per heavy atom. The second-order valence-electron chi connectivity index (χ2n) is 6.13. The van der Waals surface area contributed by atoms with Gasteiger partial charge in [0, 0.05) is 6.04 Å². The Kier molecular flexibility index (Phi) is 4.67. The highest BCUT2D eigenvalue weighted by molar-refractivity contribution is 7.92. The minimum absolute atomic E-state index is 0.0435. The van der Waals surface area contributed by atoms with Gasteiger partial charge in [0.2, 0.25) is 0 Å². The van der Waals surface area contributed by atoms with Crippen LogP contribution >= 0.6 is 0 Å². The van der Waals surface area contributed by atoms with Crippen LogP contribution in [0.2, 0.25) is 0 Å². The maximum atomic E-state index is 12.2. The van der Waals surface area contributed by atoms with Crippen LogP contribution in [-0.2, 0) is 9.84 Å². The summed E-state index contributed by atoms with van der Waals surface area (Å²) in [5.41, 5.74) is 2.84. The Morgan fingerprint density at radius 1 is 1.17 bits per heavy atom. The van der Waals surface area contributed by atoms with E-state index in [0.717, 1.165) is 32.1 Å². The topological polar surface area (TPSA) is 72.2 Å². The molecule has 2 fully saturated rings. The molecular formula is C13H26N2O2S. The smallest absolute Gasteiger partial charge is 0.154 e. The fraction of sp³-hybridized carbons (Fsp3) is 1.00. The average molecular weight is 274 g/mol. The summed E-state index contributed by atoms with van der Waals surface area (Å²) in [6.07, 6.45) is 7.32. The Bertz CT molecular complexity index is 369. The molecule has 4 unspecified atom stereocenters. The zero-order valence-electron chi connectivity index (χ0n) is 11.3. The summed E-state index contributed by atoms with van der Waals surface area (Å²) in [6.45, 7) is 2.26. The molecule has 0 bridgehead atoms. The van der Waals surface area contributed by atoms with Gasteiger partial charge in [-0.25, -0.2) is 8.42 Å². The van der Waals surface area contributed by atoms with Crippen molar-refractivity contribution in [3.8, 4) is 0 Å². The summed E-state index contributed by atoms with van der Waals surface area (Å²) in [5, 5.41) is -0.258. The van der Waals surface area contributed by atoms with E-state index in [1.54, 1.807) is 0 Å². The number of hydrogen-bond acceptors (Lipinski definition) is 4. The van der Waals surface area contributed by atoms with Crippen LogP contribution in [0, 0.1) is 11.8 Å². The highest BCUT2D eigenvalue weighted by atomic mass is 32.2. The van der Waals surface area contributed by atoms with Crippen molar-refractivity contribution < 1.29 is 8.42 Å². The highest BCUT2D eigenvalue weighted by Gasteiger charge is 2.39. The molecule has 1 saturated heterocycles. The molecule has 2 aliphatic rings. The first-order valence-electron chi connectivity index (χ1n) is 7.22. The number of sulfone groups is 1. The lowest BCUT2D eigenvalue weighted by atomic mass is 9.77. The van der Waals surface area contributed by atoms with Gasteiger partial charge < -0.3 is 0 Å². The van der Waals surface area contributed by atoms with Crippen molar-refractivity contribution in [3.05, 3.63) is 0 Å². The molecule has 5 heteroatoms. The van der Waals surface area contributed by atoms with E-state index < -0.39 is 9.84 Å². The van der Waals surface area contributed by atoms with Crippen LogP contribution in [0.5, 0.6) is 0 Å². The molecule has 0 aromatic heterocycles. The molecule has 18 heavy (non-hydrogen) atoms. The lowest BCUT2D eigenvalue weighted by Gasteiger charge is -2.38. The van der Waals surface area contributed by atoms with Crippen molar-refractivity contribution >= 4 is 9.84 Å². The fourth-order valence-electron chi connectivity index (χ4n) is 3.74. The molecule has 0 aromatic carbocycles. The Hall–Kier alpha value is -0.130. The molecule has 0 aromatic rings. The van der Waals surface area contributed by atoms with E-state index in [0.29, 0.717) is 17.6 Å². The van der Waals surface area contributed by atoms with Crippen LogP contribution in [0.3, 0.4) is 0 Å². The third kappa shape index (κ3) is 3.06. The van der Waals surface area contributed by atoms with Crippen LogP contribution in [0.1, 0.15) is 51.9 Å². The lowest BCUT2D eigenvalue weighted by Crippen LogP contribution is -2.54. The van der Waals surface area contributed by atoms with Crippen LogP contribution in [-0.4, -0.2) is 25.5 Å². The van der Waals surface area contributed by atoms with E-state index in [-0.39, 0.29) is 11.3 Å². The monoisotopic (exact) mass is 274 g/mol. The van der Waals surface area contributed by atoms with E-state index in [4.69, 9.17) is 5.84 Å². The van der Waals surface area contributed by atoms with Crippen LogP contribution < -0.4 is 11.3 Å². The molecule has 2 rings (SSSR count). The Labute approximate surface area is 111 Å². The van der Waals surface area contributed by atoms with Crippen LogP contribution in [0.15, 0.2) is 0 Å². The number of nitrogens with one attached hydrogen (secondary N) is 1. The molecular weight excluding hydrogens is 248 g/mol. The molecule has 4 nitrogen and oxygen atoms in total. The minimum Gasteiger partial charge on any atom is -0.271 e. The summed E-state index contributed by atoms with van der Waals surface area (Å²) in [4.78, 5) is 0. The van der Waals surface area contributed by atoms with Gasteiger partial charge in [-0.15, -0.1) is 0 Å². The van der Waals surface area contributed by atoms with Gasteiger partial charge in [-0.1, -0.05) is 26.2 Å². The molecule has 106 valence electrons. The molecule has 1 aliphatic heterocycles. The normalized spacial score (nSPS) is 38.2. The molecule has 0 amide bonds. The first-order chi connectivity index (χ1) is 8.54. The maximum absolute atomic E-state index is 12.2. The lowest BCUT2D eigenvalue weighted by molar-refractivity contribution is 0.213. The highest BCUT2D eigenvalue weighted by Crippen LogP contribution is 2.35. The molecule has 4 atom stereocenters. The number of hydrogen-bond donors (Lipinski definition) is 2. The third-order valence-electron chi connectivity index (χ3n) is 4.71. The van der Waals surface area contributed by atoms with Gasteiger partial charge in [0.15, 0.2) is 9.84 Å². The molecule has 0 spiro atoms. The van der Waals surface area contributed by atoms with E-state index in [2.05, 4.69) is 12.3 Å². The van der Waals surface area contributed by atoms with Crippen molar-refractivity contribution in [2.24, 2.45) is 17.7 Å². The summed E-state index contributed by atoms with van der Waals surface area (Å²) >= 11 is 0. The van der Waals surface area contributed by atoms with Crippen molar-refractivity contribution in [1.29, 1.82) is 0 Å². The second-order valence-corrected chi connectivity index (χ2v) is 8.46. The quantitative estimate of drug-likeness (QED) is 0.606. The summed E-state index contributed by atoms with van der Waals surface area (Å²) in [5.74, 6) is 7.16. The van der Waals surface area contributed by atoms with Gasteiger partial charge >= 0.3 is 0 Å². The first-order valence-corrected chi connectivity index (χ1v) is 8.94. The predicted octanol–water partition coefficient (Wildman–Crippen LogP) is 1.61. The Morgan fingerprint density at radius 2 is 1.94 bits per heavy atom. The van der Waals surface area contributed by atoms with E-state index in [1.807, 2.05) is 0 Å². The van der Waals surface area contributed by atoms with Gasteiger partial charge in [0.05, 0.1) is 11.0 Å². The standard InChI is InChI=1S/C13H26N2O2S/c1-10-5-4-6-11(9-10)13(15-14)12-7-2-3-8-18(12,16)17/h10-13,15H,2-9,14H2,1H3. The van der Waals surface area contributed by atoms with Crippen molar-refractivity contribution in [2.45, 2.75) is 63.2 Å². The predicted molar refractivity (Wildman–Crippen MR) is 73.7 cm³/mol. The number of hydrazine groups is 1. The molecule has 3 N–H and O–H groups in total. The number of nitrogens with two attached hydrogens (primary N) is 1. The zero-order valence-corrected chi connectivity index (χ0v) is 12.1. The average Bonchev–Trinajstić information content (AvgIpc) is 2.32. The van der Waals surface area contributed by atoms with Gasteiger partial charge in [-0.2, -0.15) is 0 Å². The van der Waals surface area contributed by atoms with Crippen molar-refractivity contribution in [1.82, 2.24) is 5.43 Å². The molecule has 1 heterocycles. The fourth-order valence-corrected chi connectivity index (χ4v) is 5.92. The molecule has 1 aliphatic carbocycles. The SMILES string of the molecule is CC1CCCC(C(NN)C2CCCCS2(=O)=O)C1. The summed E-state index contributed by atoms with van der Waals surface area (Å²) in [6, 6.07) is -0.0435. The van der Waals surface area contributed by atoms with Crippen molar-refractivity contribution in [2.75, 3.05) is 5.75 Å². The van der Waals surface area contributed by atoms with Gasteiger partial charge in [-0.3, -0.25) is 11.3 Å². The van der Waals surface area contributed by atoms with Gasteiger partial charge in [0.25, 0.3) is 0 Å². The molecule has 1 saturated carbocycles. The minimum atomic E-state index is -2.94. The van der Waals surface area contributed by atoms with Gasteiger partial charge in [-0.05, 0) is 37.5 Å². The number of rotatable bonds is 3. The summed E-state index contributed by atoms with van der Waals surface area (Å²) in [7, 11) is -2.94.